The van der Waals surface area contributed by atoms with Crippen molar-refractivity contribution in [3.8, 4) is 11.8 Å². The lowest BCUT2D eigenvalue weighted by Gasteiger charge is -1.94. The molecule has 0 aliphatic carbocycles. The third kappa shape index (κ3) is 4.63. The summed E-state index contributed by atoms with van der Waals surface area (Å²) in [6.07, 6.45) is 8.06. The van der Waals surface area contributed by atoms with Crippen molar-refractivity contribution in [1.82, 2.24) is 0 Å². The maximum atomic E-state index is 9.44. The van der Waals surface area contributed by atoms with Crippen LogP contribution >= 0.6 is 0 Å². The summed E-state index contributed by atoms with van der Waals surface area (Å²) in [5.74, 6) is 0.193. The number of para-hydroxylation sites is 1. The molecule has 0 amide bonds. The van der Waals surface area contributed by atoms with E-state index in [-0.39, 0.29) is 5.75 Å². The third-order valence-electron chi connectivity index (χ3n) is 1.87. The van der Waals surface area contributed by atoms with Crippen molar-refractivity contribution in [3.63, 3.8) is 0 Å². The van der Waals surface area contributed by atoms with E-state index < -0.39 is 0 Å². The van der Waals surface area contributed by atoms with Crippen LogP contribution in [0.25, 0.3) is 0 Å². The van der Waals surface area contributed by atoms with E-state index in [2.05, 4.69) is 11.6 Å². The summed E-state index contributed by atoms with van der Waals surface area (Å²) in [5, 5.41) is 17.9. The zero-order chi connectivity index (χ0) is 12.5. The van der Waals surface area contributed by atoms with E-state index in [4.69, 9.17) is 5.26 Å². The van der Waals surface area contributed by atoms with E-state index >= 15 is 0 Å². The molecule has 1 N–H and O–H groups in total. The second kappa shape index (κ2) is 6.81. The van der Waals surface area contributed by atoms with Gasteiger partial charge in [-0.2, -0.15) is 5.26 Å². The van der Waals surface area contributed by atoms with Crippen LogP contribution in [-0.2, 0) is 0 Å². The van der Waals surface area contributed by atoms with Gasteiger partial charge in [-0.1, -0.05) is 24.8 Å². The molecule has 0 bridgehead atoms. The lowest BCUT2D eigenvalue weighted by atomic mass is 10.2. The van der Waals surface area contributed by atoms with Gasteiger partial charge in [0, 0.05) is 23.6 Å². The van der Waals surface area contributed by atoms with E-state index in [1.54, 1.807) is 48.8 Å². The summed E-state index contributed by atoms with van der Waals surface area (Å²) in [6.45, 7) is 3.50. The van der Waals surface area contributed by atoms with Gasteiger partial charge in [-0.15, -0.1) is 0 Å². The minimum atomic E-state index is 0.193. The number of benzene rings is 1. The van der Waals surface area contributed by atoms with Crippen LogP contribution in [0.5, 0.6) is 5.75 Å². The molecule has 0 aromatic heterocycles. The van der Waals surface area contributed by atoms with Crippen LogP contribution in [0, 0.1) is 11.3 Å². The monoisotopic (exact) mass is 224 g/mol. The van der Waals surface area contributed by atoms with Crippen molar-refractivity contribution < 1.29 is 5.11 Å². The molecule has 0 aliphatic heterocycles. The van der Waals surface area contributed by atoms with Gasteiger partial charge in [-0.3, -0.25) is 4.99 Å². The largest absolute Gasteiger partial charge is 0.507 e. The first-order chi connectivity index (χ1) is 8.24. The molecule has 0 saturated heterocycles. The smallest absolute Gasteiger partial charge is 0.124 e. The second-order valence-electron chi connectivity index (χ2n) is 3.17. The topological polar surface area (TPSA) is 56.4 Å². The van der Waals surface area contributed by atoms with Gasteiger partial charge in [-0.05, 0) is 24.3 Å². The molecule has 0 heterocycles. The molecule has 17 heavy (non-hydrogen) atoms. The van der Waals surface area contributed by atoms with Crippen molar-refractivity contribution in [2.75, 3.05) is 0 Å². The first kappa shape index (κ1) is 12.5. The standard InChI is InChI=1S/C14H12N2O/c1-12(10-15)6-4-5-9-16-11-13-7-2-3-8-14(13)17/h2-9,11,17H,1H2/b6-4-,9-5+,16-11?. The van der Waals surface area contributed by atoms with Crippen LogP contribution in [0.3, 0.4) is 0 Å². The number of phenols is 1. The lowest BCUT2D eigenvalue weighted by molar-refractivity contribution is 0.474. The quantitative estimate of drug-likeness (QED) is 0.485. The van der Waals surface area contributed by atoms with E-state index in [1.807, 2.05) is 12.1 Å². The molecule has 1 aromatic rings. The summed E-state index contributed by atoms with van der Waals surface area (Å²) < 4.78 is 0. The van der Waals surface area contributed by atoms with Crippen LogP contribution < -0.4 is 0 Å². The average molecular weight is 224 g/mol. The molecule has 84 valence electrons. The number of aromatic hydroxyl groups is 1. The average Bonchev–Trinajstić information content (AvgIpc) is 2.35. The summed E-state index contributed by atoms with van der Waals surface area (Å²) in [7, 11) is 0. The number of hydrogen-bond acceptors (Lipinski definition) is 3. The Labute approximate surface area is 100 Å². The zero-order valence-electron chi connectivity index (χ0n) is 9.24. The van der Waals surface area contributed by atoms with Gasteiger partial charge in [0.1, 0.15) is 5.75 Å². The maximum absolute atomic E-state index is 9.44. The molecule has 0 aliphatic rings. The maximum Gasteiger partial charge on any atom is 0.124 e. The molecule has 0 saturated carbocycles. The van der Waals surface area contributed by atoms with Gasteiger partial charge in [0.2, 0.25) is 0 Å². The van der Waals surface area contributed by atoms with Gasteiger partial charge >= 0.3 is 0 Å². The Bertz CT molecular complexity index is 519. The number of hydrogen-bond donors (Lipinski definition) is 1. The molecule has 3 heteroatoms. The molecule has 3 nitrogen and oxygen atoms in total. The van der Waals surface area contributed by atoms with Crippen molar-refractivity contribution >= 4 is 6.21 Å². The number of phenolic OH excluding ortho intramolecular Hbond substituents is 1. The van der Waals surface area contributed by atoms with Crippen LogP contribution in [0.2, 0.25) is 0 Å². The highest BCUT2D eigenvalue weighted by Gasteiger charge is 1.92. The predicted molar refractivity (Wildman–Crippen MR) is 68.7 cm³/mol. The van der Waals surface area contributed by atoms with Crippen LogP contribution in [-0.4, -0.2) is 11.3 Å². The fourth-order valence-electron chi connectivity index (χ4n) is 1.03. The van der Waals surface area contributed by atoms with E-state index in [0.29, 0.717) is 11.1 Å². The minimum absolute atomic E-state index is 0.193. The Balaban J connectivity index is 2.55. The molecule has 1 rings (SSSR count). The van der Waals surface area contributed by atoms with Gasteiger partial charge in [0.25, 0.3) is 0 Å². The van der Waals surface area contributed by atoms with Gasteiger partial charge in [-0.25, -0.2) is 0 Å². The highest BCUT2D eigenvalue weighted by Crippen LogP contribution is 2.12. The van der Waals surface area contributed by atoms with E-state index in [9.17, 15) is 5.11 Å². The van der Waals surface area contributed by atoms with Crippen molar-refractivity contribution in [2.45, 2.75) is 0 Å². The highest BCUT2D eigenvalue weighted by atomic mass is 16.3. The summed E-state index contributed by atoms with van der Waals surface area (Å²) in [6, 6.07) is 8.84. The Morgan fingerprint density at radius 2 is 2.12 bits per heavy atom. The molecular formula is C14H12N2O. The Morgan fingerprint density at radius 1 is 1.35 bits per heavy atom. The third-order valence-corrected chi connectivity index (χ3v) is 1.87. The highest BCUT2D eigenvalue weighted by molar-refractivity contribution is 5.83. The number of rotatable bonds is 4. The molecule has 0 fully saturated rings. The van der Waals surface area contributed by atoms with Gasteiger partial charge in [0.15, 0.2) is 0 Å². The molecular weight excluding hydrogens is 212 g/mol. The summed E-state index contributed by atoms with van der Waals surface area (Å²) in [5.41, 5.74) is 1.04. The fourth-order valence-corrected chi connectivity index (χ4v) is 1.03. The number of nitrogens with zero attached hydrogens (tertiary/aromatic N) is 2. The zero-order valence-corrected chi connectivity index (χ0v) is 9.24. The molecule has 0 atom stereocenters. The fraction of sp³-hybridized carbons (Fsp3) is 0. The number of nitriles is 1. The Hall–Kier alpha value is -2.60. The summed E-state index contributed by atoms with van der Waals surface area (Å²) >= 11 is 0. The SMILES string of the molecule is C=C(C#N)/C=C\C=C\N=Cc1ccccc1O. The molecule has 0 unspecified atom stereocenters. The number of allylic oxidation sites excluding steroid dienone is 4. The molecule has 1 aromatic carbocycles. The van der Waals surface area contributed by atoms with Crippen molar-refractivity contribution in [1.29, 1.82) is 5.26 Å². The van der Waals surface area contributed by atoms with E-state index in [1.165, 1.54) is 0 Å². The molecule has 0 radical (unpaired) electrons. The van der Waals surface area contributed by atoms with Crippen molar-refractivity contribution in [3.05, 3.63) is 66.4 Å². The van der Waals surface area contributed by atoms with Crippen LogP contribution in [0.15, 0.2) is 65.8 Å². The first-order valence-electron chi connectivity index (χ1n) is 4.97. The molecule has 0 spiro atoms. The lowest BCUT2D eigenvalue weighted by Crippen LogP contribution is -1.79. The normalized spacial score (nSPS) is 11.2. The van der Waals surface area contributed by atoms with E-state index in [0.717, 1.165) is 0 Å². The second-order valence-corrected chi connectivity index (χ2v) is 3.17. The Morgan fingerprint density at radius 3 is 2.82 bits per heavy atom. The Kier molecular flexibility index (Phi) is 4.99. The van der Waals surface area contributed by atoms with Crippen LogP contribution in [0.4, 0.5) is 0 Å². The minimum Gasteiger partial charge on any atom is -0.507 e. The summed E-state index contributed by atoms with van der Waals surface area (Å²) in [4.78, 5) is 4.00. The van der Waals surface area contributed by atoms with Crippen LogP contribution in [0.1, 0.15) is 5.56 Å². The van der Waals surface area contributed by atoms with Gasteiger partial charge in [0.05, 0.1) is 6.07 Å². The predicted octanol–water partition coefficient (Wildman–Crippen LogP) is 2.96. The van der Waals surface area contributed by atoms with Crippen molar-refractivity contribution in [2.24, 2.45) is 4.99 Å². The van der Waals surface area contributed by atoms with Gasteiger partial charge < -0.3 is 5.11 Å². The first-order valence-corrected chi connectivity index (χ1v) is 4.97. The number of aliphatic imine (C=N–C) groups is 1.